The summed E-state index contributed by atoms with van der Waals surface area (Å²) in [6, 6.07) is 0. The van der Waals surface area contributed by atoms with Gasteiger partial charge in [-0.05, 0) is 68.4 Å². The molecule has 2 fully saturated rings. The van der Waals surface area contributed by atoms with E-state index in [0.29, 0.717) is 0 Å². The summed E-state index contributed by atoms with van der Waals surface area (Å²) in [5, 5.41) is 5.82. The Bertz CT molecular complexity index is 678. The van der Waals surface area contributed by atoms with E-state index in [1.807, 2.05) is 11.7 Å². The van der Waals surface area contributed by atoms with Crippen LogP contribution in [0.25, 0.3) is 11.0 Å². The van der Waals surface area contributed by atoms with Crippen LogP contribution in [0.2, 0.25) is 0 Å². The first-order chi connectivity index (χ1) is 9.63. The molecule has 2 aliphatic rings. The molecule has 20 heavy (non-hydrogen) atoms. The van der Waals surface area contributed by atoms with Crippen molar-refractivity contribution < 1.29 is 0 Å². The predicted octanol–water partition coefficient (Wildman–Crippen LogP) is 2.76. The Labute approximate surface area is 119 Å². The molecule has 2 heterocycles. The summed E-state index contributed by atoms with van der Waals surface area (Å²) in [7, 11) is 1.96. The maximum atomic E-state index is 6.29. The fourth-order valence-corrected chi connectivity index (χ4v) is 3.29. The SMILES string of the molecule is Cc1nn(C)c2nc(N)c(CC3CC3)c(CC3CC3)c12. The number of nitrogens with two attached hydrogens (primary N) is 1. The third kappa shape index (κ3) is 1.98. The van der Waals surface area contributed by atoms with Gasteiger partial charge in [0.25, 0.3) is 0 Å². The number of aryl methyl sites for hydroxylation is 2. The third-order valence-electron chi connectivity index (χ3n) is 4.77. The van der Waals surface area contributed by atoms with E-state index < -0.39 is 0 Å². The van der Waals surface area contributed by atoms with Gasteiger partial charge in [0.15, 0.2) is 5.65 Å². The van der Waals surface area contributed by atoms with Gasteiger partial charge in [0.05, 0.1) is 5.69 Å². The molecule has 2 N–H and O–H groups in total. The first-order valence-electron chi connectivity index (χ1n) is 7.74. The lowest BCUT2D eigenvalue weighted by atomic mass is 9.95. The average Bonchev–Trinajstić information content (AvgIpc) is 3.28. The van der Waals surface area contributed by atoms with Crippen molar-refractivity contribution in [3.63, 3.8) is 0 Å². The van der Waals surface area contributed by atoms with E-state index in [9.17, 15) is 0 Å². The van der Waals surface area contributed by atoms with Crippen LogP contribution in [0.3, 0.4) is 0 Å². The smallest absolute Gasteiger partial charge is 0.160 e. The van der Waals surface area contributed by atoms with Crippen LogP contribution >= 0.6 is 0 Å². The Hall–Kier alpha value is -1.58. The zero-order chi connectivity index (χ0) is 13.9. The summed E-state index contributed by atoms with van der Waals surface area (Å²) in [5.41, 5.74) is 11.1. The average molecular weight is 270 g/mol. The molecule has 0 spiro atoms. The van der Waals surface area contributed by atoms with Crippen molar-refractivity contribution in [1.82, 2.24) is 14.8 Å². The van der Waals surface area contributed by atoms with E-state index in [1.165, 1.54) is 42.2 Å². The standard InChI is InChI=1S/C16H22N4/c1-9-14-12(7-10-3-4-10)13(8-11-5-6-11)15(17)18-16(14)20(2)19-9/h10-11H,3-8H2,1-2H3,(H2,17,18). The summed E-state index contributed by atoms with van der Waals surface area (Å²) >= 11 is 0. The topological polar surface area (TPSA) is 56.7 Å². The van der Waals surface area contributed by atoms with Crippen LogP contribution in [-0.4, -0.2) is 14.8 Å². The number of rotatable bonds is 4. The maximum absolute atomic E-state index is 6.29. The largest absolute Gasteiger partial charge is 0.383 e. The normalized spacial score (nSPS) is 18.9. The quantitative estimate of drug-likeness (QED) is 0.929. The second kappa shape index (κ2) is 4.21. The Kier molecular flexibility index (Phi) is 2.56. The van der Waals surface area contributed by atoms with Crippen molar-refractivity contribution in [2.24, 2.45) is 18.9 Å². The minimum Gasteiger partial charge on any atom is -0.383 e. The van der Waals surface area contributed by atoms with Gasteiger partial charge in [-0.3, -0.25) is 4.68 Å². The molecule has 0 atom stereocenters. The molecule has 106 valence electrons. The highest BCUT2D eigenvalue weighted by atomic mass is 15.3. The molecule has 0 aliphatic heterocycles. The Morgan fingerprint density at radius 3 is 2.30 bits per heavy atom. The molecule has 0 bridgehead atoms. The van der Waals surface area contributed by atoms with Gasteiger partial charge in [0, 0.05) is 12.4 Å². The molecule has 2 aromatic rings. The van der Waals surface area contributed by atoms with E-state index in [1.54, 1.807) is 0 Å². The van der Waals surface area contributed by atoms with Crippen LogP contribution in [0.4, 0.5) is 5.82 Å². The van der Waals surface area contributed by atoms with Crippen molar-refractivity contribution in [1.29, 1.82) is 0 Å². The molecular formula is C16H22N4. The van der Waals surface area contributed by atoms with E-state index in [4.69, 9.17) is 5.73 Å². The highest BCUT2D eigenvalue weighted by molar-refractivity contribution is 5.85. The number of pyridine rings is 1. The highest BCUT2D eigenvalue weighted by Gasteiger charge is 2.30. The van der Waals surface area contributed by atoms with Crippen LogP contribution in [0.15, 0.2) is 0 Å². The number of aromatic nitrogens is 3. The van der Waals surface area contributed by atoms with Gasteiger partial charge in [0.2, 0.25) is 0 Å². The maximum Gasteiger partial charge on any atom is 0.160 e. The highest BCUT2D eigenvalue weighted by Crippen LogP contribution is 2.41. The van der Waals surface area contributed by atoms with Crippen molar-refractivity contribution >= 4 is 16.9 Å². The van der Waals surface area contributed by atoms with E-state index >= 15 is 0 Å². The molecule has 4 rings (SSSR count). The lowest BCUT2D eigenvalue weighted by molar-refractivity contribution is 0.770. The first kappa shape index (κ1) is 12.2. The molecule has 2 aromatic heterocycles. The third-order valence-corrected chi connectivity index (χ3v) is 4.77. The number of hydrogen-bond donors (Lipinski definition) is 1. The Morgan fingerprint density at radius 2 is 1.70 bits per heavy atom. The van der Waals surface area contributed by atoms with E-state index in [-0.39, 0.29) is 0 Å². The van der Waals surface area contributed by atoms with Crippen molar-refractivity contribution in [2.75, 3.05) is 5.73 Å². The van der Waals surface area contributed by atoms with Gasteiger partial charge in [-0.1, -0.05) is 0 Å². The molecule has 4 nitrogen and oxygen atoms in total. The lowest BCUT2D eigenvalue weighted by Gasteiger charge is -2.13. The van der Waals surface area contributed by atoms with Crippen molar-refractivity contribution in [2.45, 2.75) is 45.4 Å². The molecule has 0 unspecified atom stereocenters. The molecule has 0 radical (unpaired) electrons. The molecule has 0 saturated heterocycles. The fraction of sp³-hybridized carbons (Fsp3) is 0.625. The zero-order valence-electron chi connectivity index (χ0n) is 12.3. The molecular weight excluding hydrogens is 248 g/mol. The molecule has 0 amide bonds. The molecule has 2 saturated carbocycles. The van der Waals surface area contributed by atoms with Crippen molar-refractivity contribution in [3.8, 4) is 0 Å². The summed E-state index contributed by atoms with van der Waals surface area (Å²) in [6.45, 7) is 2.09. The number of nitrogens with zero attached hydrogens (tertiary/aromatic N) is 3. The van der Waals surface area contributed by atoms with Crippen LogP contribution in [0.1, 0.15) is 42.5 Å². The first-order valence-corrected chi connectivity index (χ1v) is 7.74. The number of anilines is 1. The molecule has 0 aromatic carbocycles. The zero-order valence-corrected chi connectivity index (χ0v) is 12.3. The second-order valence-corrected chi connectivity index (χ2v) is 6.66. The fourth-order valence-electron chi connectivity index (χ4n) is 3.29. The number of fused-ring (bicyclic) bond motifs is 1. The van der Waals surface area contributed by atoms with E-state index in [0.717, 1.165) is 41.8 Å². The minimum atomic E-state index is 0.739. The Morgan fingerprint density at radius 1 is 1.10 bits per heavy atom. The summed E-state index contributed by atoms with van der Waals surface area (Å²) in [5.74, 6) is 2.44. The van der Waals surface area contributed by atoms with Crippen LogP contribution in [-0.2, 0) is 19.9 Å². The molecule has 2 aliphatic carbocycles. The van der Waals surface area contributed by atoms with Gasteiger partial charge in [0.1, 0.15) is 5.82 Å². The van der Waals surface area contributed by atoms with Gasteiger partial charge in [-0.15, -0.1) is 0 Å². The van der Waals surface area contributed by atoms with Crippen LogP contribution in [0, 0.1) is 18.8 Å². The number of nitrogen functional groups attached to an aromatic ring is 1. The summed E-state index contributed by atoms with van der Waals surface area (Å²) in [6.07, 6.45) is 7.72. The summed E-state index contributed by atoms with van der Waals surface area (Å²) in [4.78, 5) is 4.64. The van der Waals surface area contributed by atoms with Gasteiger partial charge in [-0.25, -0.2) is 4.98 Å². The second-order valence-electron chi connectivity index (χ2n) is 6.66. The van der Waals surface area contributed by atoms with Crippen LogP contribution < -0.4 is 5.73 Å². The predicted molar refractivity (Wildman–Crippen MR) is 80.5 cm³/mol. The van der Waals surface area contributed by atoms with Gasteiger partial charge < -0.3 is 5.73 Å². The number of hydrogen-bond acceptors (Lipinski definition) is 3. The minimum absolute atomic E-state index is 0.739. The Balaban J connectivity index is 1.92. The lowest BCUT2D eigenvalue weighted by Crippen LogP contribution is -2.07. The molecule has 4 heteroatoms. The monoisotopic (exact) mass is 270 g/mol. The van der Waals surface area contributed by atoms with Crippen LogP contribution in [0.5, 0.6) is 0 Å². The summed E-state index contributed by atoms with van der Waals surface area (Å²) < 4.78 is 1.87. The van der Waals surface area contributed by atoms with Gasteiger partial charge >= 0.3 is 0 Å². The van der Waals surface area contributed by atoms with Crippen molar-refractivity contribution in [3.05, 3.63) is 16.8 Å². The van der Waals surface area contributed by atoms with Gasteiger partial charge in [-0.2, -0.15) is 5.10 Å². The van der Waals surface area contributed by atoms with E-state index in [2.05, 4.69) is 17.0 Å².